The Morgan fingerprint density at radius 3 is 1.35 bits per heavy atom. The number of benzene rings is 10. The second-order valence-corrected chi connectivity index (χ2v) is 15.7. The molecule has 0 unspecified atom stereocenters. The van der Waals surface area contributed by atoms with Crippen LogP contribution in [0.1, 0.15) is 0 Å². The Labute approximate surface area is 362 Å². The zero-order valence-electron chi connectivity index (χ0n) is 34.0. The van der Waals surface area contributed by atoms with Crippen molar-refractivity contribution in [3.05, 3.63) is 249 Å². The minimum Gasteiger partial charge on any atom is -0.455 e. The summed E-state index contributed by atoms with van der Waals surface area (Å²) < 4.78 is 6.47. The van der Waals surface area contributed by atoms with Crippen LogP contribution in [-0.2, 0) is 0 Å². The minimum atomic E-state index is 0.900. The highest BCUT2D eigenvalue weighted by Crippen LogP contribution is 2.46. The van der Waals surface area contributed by atoms with Gasteiger partial charge in [-0.05, 0) is 104 Å². The fourth-order valence-electron chi connectivity index (χ4n) is 8.84. The Hall–Kier alpha value is -8.20. The molecule has 0 spiro atoms. The molecule has 292 valence electrons. The molecule has 0 bridgehead atoms. The minimum absolute atomic E-state index is 0.900. The van der Waals surface area contributed by atoms with Crippen molar-refractivity contribution in [3.63, 3.8) is 0 Å². The average molecular weight is 792 g/mol. The maximum absolute atomic E-state index is 6.47. The molecular weight excluding hydrogens is 751 g/mol. The van der Waals surface area contributed by atoms with Gasteiger partial charge < -0.3 is 9.32 Å². The SMILES string of the molecule is c1ccc(-c2ccc(N(c3ccc(-c4cccc5c4oc4ccccc45)cc3)c3ccc(-c4ccc(-c5ccccc5)cc4-c4ccccc4)cc3-c3ccccc3)cc2)cc1. The predicted octanol–water partition coefficient (Wildman–Crippen LogP) is 17.1. The van der Waals surface area contributed by atoms with Crippen molar-refractivity contribution in [1.29, 1.82) is 0 Å². The standard InChI is InChI=1S/C60H41NO/c1-5-16-42(17-6-1)44-28-34-50(35-29-44)61(51-36-30-47(31-37-51)53-25-15-26-55-54-24-13-14-27-59(54)62-60(53)55)58-39-33-49(41-57(58)46-22-11-4-12-23-46)52-38-32-48(43-18-7-2-8-19-43)40-56(52)45-20-9-3-10-21-45/h1-41H. The lowest BCUT2D eigenvalue weighted by atomic mass is 9.89. The quantitative estimate of drug-likeness (QED) is 0.145. The third kappa shape index (κ3) is 6.94. The Morgan fingerprint density at radius 1 is 0.258 bits per heavy atom. The molecule has 0 aliphatic carbocycles. The first-order valence-corrected chi connectivity index (χ1v) is 21.2. The molecule has 1 heterocycles. The van der Waals surface area contributed by atoms with Gasteiger partial charge in [-0.1, -0.05) is 200 Å². The van der Waals surface area contributed by atoms with Crippen LogP contribution in [0, 0.1) is 0 Å². The van der Waals surface area contributed by atoms with Crippen LogP contribution >= 0.6 is 0 Å². The first-order valence-electron chi connectivity index (χ1n) is 21.2. The summed E-state index contributed by atoms with van der Waals surface area (Å²) in [7, 11) is 0. The number of hydrogen-bond donors (Lipinski definition) is 0. The fraction of sp³-hybridized carbons (Fsp3) is 0. The predicted molar refractivity (Wildman–Crippen MR) is 261 cm³/mol. The summed E-state index contributed by atoms with van der Waals surface area (Å²) in [5, 5.41) is 2.26. The van der Waals surface area contributed by atoms with Crippen molar-refractivity contribution in [2.45, 2.75) is 0 Å². The number of anilines is 3. The smallest absolute Gasteiger partial charge is 0.143 e. The van der Waals surface area contributed by atoms with Gasteiger partial charge >= 0.3 is 0 Å². The normalized spacial score (nSPS) is 11.2. The maximum atomic E-state index is 6.47. The lowest BCUT2D eigenvalue weighted by molar-refractivity contribution is 0.670. The highest BCUT2D eigenvalue weighted by atomic mass is 16.3. The highest BCUT2D eigenvalue weighted by Gasteiger charge is 2.21. The lowest BCUT2D eigenvalue weighted by Gasteiger charge is -2.29. The van der Waals surface area contributed by atoms with Gasteiger partial charge in [0.05, 0.1) is 5.69 Å². The largest absolute Gasteiger partial charge is 0.455 e. The second kappa shape index (κ2) is 16.1. The van der Waals surface area contributed by atoms with E-state index in [0.717, 1.165) is 66.8 Å². The summed E-state index contributed by atoms with van der Waals surface area (Å²) in [6.45, 7) is 0. The molecule has 2 nitrogen and oxygen atoms in total. The second-order valence-electron chi connectivity index (χ2n) is 15.7. The molecule has 0 radical (unpaired) electrons. The molecule has 0 aliphatic rings. The van der Waals surface area contributed by atoms with E-state index in [0.29, 0.717) is 0 Å². The van der Waals surface area contributed by atoms with Gasteiger partial charge in [-0.15, -0.1) is 0 Å². The monoisotopic (exact) mass is 791 g/mol. The van der Waals surface area contributed by atoms with Crippen molar-refractivity contribution in [2.24, 2.45) is 0 Å². The number of furan rings is 1. The molecule has 0 N–H and O–H groups in total. The van der Waals surface area contributed by atoms with Crippen molar-refractivity contribution in [2.75, 3.05) is 4.90 Å². The molecule has 10 aromatic carbocycles. The summed E-state index contributed by atoms with van der Waals surface area (Å²) in [5.74, 6) is 0. The third-order valence-corrected chi connectivity index (χ3v) is 11.9. The summed E-state index contributed by atoms with van der Waals surface area (Å²) in [5.41, 5.74) is 18.9. The first-order chi connectivity index (χ1) is 30.7. The first kappa shape index (κ1) is 36.8. The van der Waals surface area contributed by atoms with Gasteiger partial charge in [0.2, 0.25) is 0 Å². The lowest BCUT2D eigenvalue weighted by Crippen LogP contribution is -2.11. The van der Waals surface area contributed by atoms with E-state index in [2.05, 4.69) is 241 Å². The van der Waals surface area contributed by atoms with Gasteiger partial charge in [0, 0.05) is 33.3 Å². The molecule has 0 amide bonds. The Bertz CT molecular complexity index is 3300. The van der Waals surface area contributed by atoms with Crippen LogP contribution in [0.5, 0.6) is 0 Å². The van der Waals surface area contributed by atoms with Crippen LogP contribution in [0.3, 0.4) is 0 Å². The molecule has 0 fully saturated rings. The molecule has 2 heteroatoms. The molecule has 0 saturated heterocycles. The van der Waals surface area contributed by atoms with E-state index in [1.54, 1.807) is 0 Å². The van der Waals surface area contributed by atoms with E-state index in [9.17, 15) is 0 Å². The number of nitrogens with zero attached hydrogens (tertiary/aromatic N) is 1. The van der Waals surface area contributed by atoms with Crippen LogP contribution in [0.2, 0.25) is 0 Å². The van der Waals surface area contributed by atoms with Crippen molar-refractivity contribution in [1.82, 2.24) is 0 Å². The summed E-state index contributed by atoms with van der Waals surface area (Å²) >= 11 is 0. The van der Waals surface area contributed by atoms with Crippen molar-refractivity contribution < 1.29 is 4.42 Å². The summed E-state index contributed by atoms with van der Waals surface area (Å²) in [6.07, 6.45) is 0. The Morgan fingerprint density at radius 2 is 0.710 bits per heavy atom. The molecule has 0 atom stereocenters. The fourth-order valence-corrected chi connectivity index (χ4v) is 8.84. The molecule has 1 aromatic heterocycles. The maximum Gasteiger partial charge on any atom is 0.143 e. The van der Waals surface area contributed by atoms with Gasteiger partial charge in [0.1, 0.15) is 11.2 Å². The van der Waals surface area contributed by atoms with Gasteiger partial charge in [0.25, 0.3) is 0 Å². The number of hydrogen-bond acceptors (Lipinski definition) is 2. The van der Waals surface area contributed by atoms with Crippen LogP contribution in [-0.4, -0.2) is 0 Å². The topological polar surface area (TPSA) is 16.4 Å². The van der Waals surface area contributed by atoms with Crippen LogP contribution in [0.25, 0.3) is 88.7 Å². The van der Waals surface area contributed by atoms with Crippen LogP contribution < -0.4 is 4.90 Å². The van der Waals surface area contributed by atoms with Gasteiger partial charge in [0.15, 0.2) is 0 Å². The van der Waals surface area contributed by atoms with Crippen molar-refractivity contribution in [3.8, 4) is 66.8 Å². The van der Waals surface area contributed by atoms with Crippen LogP contribution in [0.15, 0.2) is 253 Å². The van der Waals surface area contributed by atoms with Crippen molar-refractivity contribution >= 4 is 39.0 Å². The molecule has 62 heavy (non-hydrogen) atoms. The van der Waals surface area contributed by atoms with E-state index in [4.69, 9.17) is 4.42 Å². The van der Waals surface area contributed by atoms with E-state index in [-0.39, 0.29) is 0 Å². The Kier molecular flexibility index (Phi) is 9.57. The molecular formula is C60H41NO. The zero-order chi connectivity index (χ0) is 41.2. The Balaban J connectivity index is 1.08. The third-order valence-electron chi connectivity index (χ3n) is 11.9. The molecule has 0 saturated carbocycles. The van der Waals surface area contributed by atoms with Crippen LogP contribution in [0.4, 0.5) is 17.1 Å². The van der Waals surface area contributed by atoms with E-state index < -0.39 is 0 Å². The summed E-state index contributed by atoms with van der Waals surface area (Å²) in [6, 6.07) is 89.1. The molecule has 11 aromatic rings. The van der Waals surface area contributed by atoms with E-state index in [1.165, 1.54) is 38.9 Å². The van der Waals surface area contributed by atoms with Gasteiger partial charge in [-0.2, -0.15) is 0 Å². The van der Waals surface area contributed by atoms with Gasteiger partial charge in [-0.3, -0.25) is 0 Å². The van der Waals surface area contributed by atoms with Gasteiger partial charge in [-0.25, -0.2) is 0 Å². The average Bonchev–Trinajstić information content (AvgIpc) is 3.75. The molecule has 11 rings (SSSR count). The van der Waals surface area contributed by atoms with E-state index >= 15 is 0 Å². The van der Waals surface area contributed by atoms with E-state index in [1.807, 2.05) is 12.1 Å². The molecule has 0 aliphatic heterocycles. The number of para-hydroxylation sites is 2. The number of rotatable bonds is 9. The summed E-state index contributed by atoms with van der Waals surface area (Å²) in [4.78, 5) is 2.39. The zero-order valence-corrected chi connectivity index (χ0v) is 34.0. The number of fused-ring (bicyclic) bond motifs is 3. The highest BCUT2D eigenvalue weighted by molar-refractivity contribution is 6.09.